The van der Waals surface area contributed by atoms with Crippen molar-refractivity contribution in [3.05, 3.63) is 23.9 Å². The van der Waals surface area contributed by atoms with Crippen molar-refractivity contribution in [3.63, 3.8) is 0 Å². The van der Waals surface area contributed by atoms with Gasteiger partial charge in [-0.15, -0.1) is 0 Å². The van der Waals surface area contributed by atoms with Crippen molar-refractivity contribution in [2.45, 2.75) is 25.1 Å². The Morgan fingerprint density at radius 2 is 2.33 bits per heavy atom. The predicted molar refractivity (Wildman–Crippen MR) is 67.7 cm³/mol. The van der Waals surface area contributed by atoms with Crippen molar-refractivity contribution < 1.29 is 0 Å². The molecular formula is C12H17BrN2. The van der Waals surface area contributed by atoms with E-state index in [1.54, 1.807) is 0 Å². The highest BCUT2D eigenvalue weighted by atomic mass is 79.9. The fourth-order valence-corrected chi connectivity index (χ4v) is 2.64. The van der Waals surface area contributed by atoms with E-state index in [2.05, 4.69) is 45.7 Å². The van der Waals surface area contributed by atoms with Crippen molar-refractivity contribution in [2.75, 3.05) is 18.0 Å². The molecule has 82 valence electrons. The number of rotatable bonds is 1. The summed E-state index contributed by atoms with van der Waals surface area (Å²) >= 11 is 3.75. The van der Waals surface area contributed by atoms with Crippen LogP contribution in [0.4, 0.5) is 5.82 Å². The van der Waals surface area contributed by atoms with E-state index in [-0.39, 0.29) is 0 Å². The number of anilines is 1. The number of pyridine rings is 1. The average molecular weight is 269 g/mol. The third-order valence-electron chi connectivity index (χ3n) is 3.15. The second-order valence-electron chi connectivity index (χ2n) is 4.37. The molecule has 3 heteroatoms. The van der Waals surface area contributed by atoms with Crippen molar-refractivity contribution in [3.8, 4) is 0 Å². The molecule has 0 radical (unpaired) electrons. The van der Waals surface area contributed by atoms with Crippen LogP contribution in [0, 0.1) is 12.8 Å². The molecule has 1 saturated heterocycles. The molecule has 1 aliphatic rings. The number of aryl methyl sites for hydroxylation is 1. The predicted octanol–water partition coefficient (Wildman–Crippen LogP) is 3.00. The van der Waals surface area contributed by atoms with E-state index in [9.17, 15) is 0 Å². The van der Waals surface area contributed by atoms with Crippen LogP contribution in [0.3, 0.4) is 0 Å². The normalized spacial score (nSPS) is 26.7. The molecule has 1 aromatic rings. The van der Waals surface area contributed by atoms with Gasteiger partial charge >= 0.3 is 0 Å². The first-order chi connectivity index (χ1) is 7.18. The van der Waals surface area contributed by atoms with Crippen LogP contribution < -0.4 is 4.90 Å². The van der Waals surface area contributed by atoms with Crippen molar-refractivity contribution in [1.29, 1.82) is 0 Å². The Balaban J connectivity index is 2.15. The van der Waals surface area contributed by atoms with Crippen LogP contribution in [0.15, 0.2) is 18.3 Å². The van der Waals surface area contributed by atoms with E-state index in [0.29, 0.717) is 4.83 Å². The fourth-order valence-electron chi connectivity index (χ4n) is 2.02. The van der Waals surface area contributed by atoms with Gasteiger partial charge in [-0.1, -0.05) is 28.9 Å². The maximum absolute atomic E-state index is 4.47. The average Bonchev–Trinajstić information content (AvgIpc) is 2.23. The maximum atomic E-state index is 4.47. The third-order valence-corrected chi connectivity index (χ3v) is 4.34. The summed E-state index contributed by atoms with van der Waals surface area (Å²) in [4.78, 5) is 7.44. The molecule has 0 bridgehead atoms. The molecule has 2 nitrogen and oxygen atoms in total. The van der Waals surface area contributed by atoms with Gasteiger partial charge in [-0.25, -0.2) is 4.98 Å². The standard InChI is InChI=1S/C12H17BrN2/c1-9-5-7-15(8-11(9)13)12-10(2)4-3-6-14-12/h3-4,6,9,11H,5,7-8H2,1-2H3. The quantitative estimate of drug-likeness (QED) is 0.728. The van der Waals surface area contributed by atoms with Crippen molar-refractivity contribution >= 4 is 21.7 Å². The lowest BCUT2D eigenvalue weighted by atomic mass is 9.99. The van der Waals surface area contributed by atoms with E-state index in [0.717, 1.165) is 24.8 Å². The van der Waals surface area contributed by atoms with Crippen LogP contribution in [-0.4, -0.2) is 22.9 Å². The molecule has 2 unspecified atom stereocenters. The van der Waals surface area contributed by atoms with Gasteiger partial charge in [0.25, 0.3) is 0 Å². The first-order valence-corrected chi connectivity index (χ1v) is 6.40. The van der Waals surface area contributed by atoms with Crippen LogP contribution >= 0.6 is 15.9 Å². The number of nitrogens with zero attached hydrogens (tertiary/aromatic N) is 2. The summed E-state index contributed by atoms with van der Waals surface area (Å²) in [6, 6.07) is 4.13. The largest absolute Gasteiger partial charge is 0.355 e. The van der Waals surface area contributed by atoms with E-state index in [1.165, 1.54) is 12.0 Å². The SMILES string of the molecule is Cc1cccnc1N1CCC(C)C(Br)C1. The number of aromatic nitrogens is 1. The maximum Gasteiger partial charge on any atom is 0.131 e. The number of alkyl halides is 1. The summed E-state index contributed by atoms with van der Waals surface area (Å²) in [7, 11) is 0. The van der Waals surface area contributed by atoms with Crippen molar-refractivity contribution in [1.82, 2.24) is 4.98 Å². The molecule has 0 spiro atoms. The fraction of sp³-hybridized carbons (Fsp3) is 0.583. The van der Waals surface area contributed by atoms with Gasteiger partial charge in [-0.3, -0.25) is 0 Å². The van der Waals surface area contributed by atoms with Gasteiger partial charge < -0.3 is 4.90 Å². The number of hydrogen-bond acceptors (Lipinski definition) is 2. The van der Waals surface area contributed by atoms with E-state index < -0.39 is 0 Å². The molecule has 0 amide bonds. The Morgan fingerprint density at radius 1 is 1.53 bits per heavy atom. The molecule has 2 heterocycles. The monoisotopic (exact) mass is 268 g/mol. The summed E-state index contributed by atoms with van der Waals surface area (Å²) in [5, 5.41) is 0. The first kappa shape index (κ1) is 10.9. The molecule has 1 aliphatic heterocycles. The Bertz CT molecular complexity index is 340. The number of hydrogen-bond donors (Lipinski definition) is 0. The Hall–Kier alpha value is -0.570. The molecule has 0 aromatic carbocycles. The van der Waals surface area contributed by atoms with E-state index in [1.807, 2.05) is 12.3 Å². The van der Waals surface area contributed by atoms with Gasteiger partial charge in [-0.2, -0.15) is 0 Å². The summed E-state index contributed by atoms with van der Waals surface area (Å²) in [5.41, 5.74) is 1.27. The zero-order valence-electron chi connectivity index (χ0n) is 9.28. The van der Waals surface area contributed by atoms with Gasteiger partial charge in [-0.05, 0) is 30.9 Å². The second-order valence-corrected chi connectivity index (χ2v) is 5.55. The topological polar surface area (TPSA) is 16.1 Å². The molecule has 1 fully saturated rings. The highest BCUT2D eigenvalue weighted by Gasteiger charge is 2.25. The lowest BCUT2D eigenvalue weighted by Gasteiger charge is -2.35. The number of piperidine rings is 1. The van der Waals surface area contributed by atoms with Crippen LogP contribution in [0.1, 0.15) is 18.9 Å². The smallest absolute Gasteiger partial charge is 0.131 e. The van der Waals surface area contributed by atoms with E-state index >= 15 is 0 Å². The van der Waals surface area contributed by atoms with Crippen LogP contribution in [0.2, 0.25) is 0 Å². The lowest BCUT2D eigenvalue weighted by Crippen LogP contribution is -2.40. The Kier molecular flexibility index (Phi) is 3.29. The van der Waals surface area contributed by atoms with Crippen molar-refractivity contribution in [2.24, 2.45) is 5.92 Å². The van der Waals surface area contributed by atoms with Gasteiger partial charge in [0.1, 0.15) is 5.82 Å². The molecule has 2 atom stereocenters. The summed E-state index contributed by atoms with van der Waals surface area (Å²) < 4.78 is 0. The number of halogens is 1. The zero-order chi connectivity index (χ0) is 10.8. The second kappa shape index (κ2) is 4.52. The first-order valence-electron chi connectivity index (χ1n) is 5.49. The molecular weight excluding hydrogens is 252 g/mol. The van der Waals surface area contributed by atoms with Crippen LogP contribution in [-0.2, 0) is 0 Å². The van der Waals surface area contributed by atoms with E-state index in [4.69, 9.17) is 0 Å². The molecule has 0 saturated carbocycles. The Labute approximate surface area is 99.8 Å². The molecule has 0 aliphatic carbocycles. The molecule has 15 heavy (non-hydrogen) atoms. The summed E-state index contributed by atoms with van der Waals surface area (Å²) in [6.45, 7) is 6.63. The minimum absolute atomic E-state index is 0.590. The summed E-state index contributed by atoms with van der Waals surface area (Å²) in [6.07, 6.45) is 3.12. The van der Waals surface area contributed by atoms with Gasteiger partial charge in [0.2, 0.25) is 0 Å². The van der Waals surface area contributed by atoms with Gasteiger partial charge in [0.05, 0.1) is 0 Å². The molecule has 2 rings (SSSR count). The van der Waals surface area contributed by atoms with Crippen LogP contribution in [0.25, 0.3) is 0 Å². The zero-order valence-corrected chi connectivity index (χ0v) is 10.9. The lowest BCUT2D eigenvalue weighted by molar-refractivity contribution is 0.454. The molecule has 1 aromatic heterocycles. The summed E-state index contributed by atoms with van der Waals surface area (Å²) in [5.74, 6) is 1.92. The third kappa shape index (κ3) is 2.33. The minimum atomic E-state index is 0.590. The molecule has 0 N–H and O–H groups in total. The highest BCUT2D eigenvalue weighted by Crippen LogP contribution is 2.27. The Morgan fingerprint density at radius 3 is 3.00 bits per heavy atom. The van der Waals surface area contributed by atoms with Crippen LogP contribution in [0.5, 0.6) is 0 Å². The highest BCUT2D eigenvalue weighted by molar-refractivity contribution is 9.09. The minimum Gasteiger partial charge on any atom is -0.355 e. The van der Waals surface area contributed by atoms with Gasteiger partial charge in [0, 0.05) is 24.1 Å². The van der Waals surface area contributed by atoms with Gasteiger partial charge in [0.15, 0.2) is 0 Å².